The van der Waals surface area contributed by atoms with Gasteiger partial charge in [0.25, 0.3) is 0 Å². The highest BCUT2D eigenvalue weighted by atomic mass is 32.1. The van der Waals surface area contributed by atoms with Gasteiger partial charge in [-0.3, -0.25) is 14.4 Å². The summed E-state index contributed by atoms with van der Waals surface area (Å²) >= 11 is 1.45. The first kappa shape index (κ1) is 14.6. The molecule has 1 aliphatic carbocycles. The molecule has 122 valence electrons. The zero-order valence-electron chi connectivity index (χ0n) is 12.6. The van der Waals surface area contributed by atoms with E-state index in [1.165, 1.54) is 11.3 Å². The summed E-state index contributed by atoms with van der Waals surface area (Å²) in [7, 11) is 0. The van der Waals surface area contributed by atoms with E-state index in [-0.39, 0.29) is 29.7 Å². The molecule has 3 amide bonds. The summed E-state index contributed by atoms with van der Waals surface area (Å²) in [5, 5.41) is 6.23. The topological polar surface area (TPSA) is 91.4 Å². The number of hydrogen-bond donors (Lipinski definition) is 2. The Morgan fingerprint density at radius 1 is 1.26 bits per heavy atom. The molecular weight excluding hydrogens is 316 g/mol. The Bertz CT molecular complexity index is 682. The summed E-state index contributed by atoms with van der Waals surface area (Å²) in [5.74, 6) is 0.139. The fraction of sp³-hybridized carbons (Fsp3) is 0.600. The van der Waals surface area contributed by atoms with Crippen molar-refractivity contribution >= 4 is 34.2 Å². The van der Waals surface area contributed by atoms with Crippen molar-refractivity contribution in [1.82, 2.24) is 15.2 Å². The van der Waals surface area contributed by atoms with Gasteiger partial charge < -0.3 is 15.5 Å². The summed E-state index contributed by atoms with van der Waals surface area (Å²) in [6, 6.07) is -0.383. The van der Waals surface area contributed by atoms with Gasteiger partial charge in [-0.2, -0.15) is 0 Å². The minimum absolute atomic E-state index is 0.0153. The summed E-state index contributed by atoms with van der Waals surface area (Å²) in [5.41, 5.74) is 0.973. The van der Waals surface area contributed by atoms with E-state index in [1.54, 1.807) is 4.90 Å². The van der Waals surface area contributed by atoms with Gasteiger partial charge in [-0.05, 0) is 19.3 Å². The van der Waals surface area contributed by atoms with Crippen LogP contribution in [0.1, 0.15) is 36.3 Å². The second kappa shape index (κ2) is 5.59. The number of amides is 3. The first-order valence-electron chi connectivity index (χ1n) is 7.98. The standard InChI is InChI=1S/C15H18N4O3S/c20-12-4-3-10(16-12)14(22)19-6-5-9-11(7-19)23-15(17-9)18-13(21)8-1-2-8/h8,10H,1-7H2,(H,16,20)(H,17,18,21). The van der Waals surface area contributed by atoms with Gasteiger partial charge in [-0.15, -0.1) is 0 Å². The Hall–Kier alpha value is -1.96. The molecule has 2 aliphatic heterocycles. The fourth-order valence-corrected chi connectivity index (χ4v) is 4.04. The zero-order valence-corrected chi connectivity index (χ0v) is 13.4. The Balaban J connectivity index is 1.42. The van der Waals surface area contributed by atoms with Crippen molar-refractivity contribution in [3.8, 4) is 0 Å². The van der Waals surface area contributed by atoms with Crippen LogP contribution < -0.4 is 10.6 Å². The third-order valence-corrected chi connectivity index (χ3v) is 5.51. The minimum Gasteiger partial charge on any atom is -0.344 e. The molecule has 1 unspecified atom stereocenters. The van der Waals surface area contributed by atoms with Gasteiger partial charge in [-0.1, -0.05) is 11.3 Å². The van der Waals surface area contributed by atoms with Crippen LogP contribution in [0, 0.1) is 5.92 Å². The van der Waals surface area contributed by atoms with E-state index in [0.29, 0.717) is 37.5 Å². The molecule has 1 aromatic rings. The molecule has 0 spiro atoms. The highest BCUT2D eigenvalue weighted by molar-refractivity contribution is 7.15. The number of carbonyl (C=O) groups is 3. The zero-order chi connectivity index (χ0) is 16.0. The smallest absolute Gasteiger partial charge is 0.245 e. The number of nitrogens with zero attached hydrogens (tertiary/aromatic N) is 2. The average Bonchev–Trinajstić information content (AvgIpc) is 3.18. The van der Waals surface area contributed by atoms with Gasteiger partial charge >= 0.3 is 0 Å². The van der Waals surface area contributed by atoms with Crippen LogP contribution in [0.15, 0.2) is 0 Å². The van der Waals surface area contributed by atoms with Gasteiger partial charge in [0, 0.05) is 30.2 Å². The van der Waals surface area contributed by atoms with Gasteiger partial charge in [0.15, 0.2) is 5.13 Å². The number of aromatic nitrogens is 1. The Morgan fingerprint density at radius 3 is 2.78 bits per heavy atom. The van der Waals surface area contributed by atoms with E-state index in [0.717, 1.165) is 23.4 Å². The molecule has 0 bridgehead atoms. The van der Waals surface area contributed by atoms with Crippen LogP contribution in [0.25, 0.3) is 0 Å². The lowest BCUT2D eigenvalue weighted by Gasteiger charge is -2.28. The molecule has 23 heavy (non-hydrogen) atoms. The predicted octanol–water partition coefficient (Wildman–Crippen LogP) is 0.655. The van der Waals surface area contributed by atoms with Crippen LogP contribution in [0.4, 0.5) is 5.13 Å². The minimum atomic E-state index is -0.383. The van der Waals surface area contributed by atoms with Crippen molar-refractivity contribution in [1.29, 1.82) is 0 Å². The Morgan fingerprint density at radius 2 is 2.09 bits per heavy atom. The van der Waals surface area contributed by atoms with Crippen molar-refractivity contribution in [3.63, 3.8) is 0 Å². The maximum atomic E-state index is 12.5. The van der Waals surface area contributed by atoms with Gasteiger partial charge in [0.2, 0.25) is 17.7 Å². The van der Waals surface area contributed by atoms with Gasteiger partial charge in [0.05, 0.1) is 12.2 Å². The van der Waals surface area contributed by atoms with Crippen molar-refractivity contribution in [2.24, 2.45) is 5.92 Å². The van der Waals surface area contributed by atoms with E-state index in [1.807, 2.05) is 0 Å². The number of carbonyl (C=O) groups excluding carboxylic acids is 3. The molecule has 1 atom stereocenters. The Labute approximate surface area is 137 Å². The summed E-state index contributed by atoms with van der Waals surface area (Å²) in [6.45, 7) is 1.12. The highest BCUT2D eigenvalue weighted by Crippen LogP contribution is 2.33. The summed E-state index contributed by atoms with van der Waals surface area (Å²) < 4.78 is 0. The molecule has 7 nitrogen and oxygen atoms in total. The van der Waals surface area contributed by atoms with Gasteiger partial charge in [0.1, 0.15) is 6.04 Å². The van der Waals surface area contributed by atoms with Crippen LogP contribution in [0.3, 0.4) is 0 Å². The lowest BCUT2D eigenvalue weighted by molar-refractivity contribution is -0.135. The lowest BCUT2D eigenvalue weighted by atomic mass is 10.1. The third-order valence-electron chi connectivity index (χ3n) is 4.51. The van der Waals surface area contributed by atoms with E-state index in [4.69, 9.17) is 0 Å². The number of anilines is 1. The molecule has 4 rings (SSSR count). The predicted molar refractivity (Wildman–Crippen MR) is 83.8 cm³/mol. The largest absolute Gasteiger partial charge is 0.344 e. The molecule has 2 fully saturated rings. The molecule has 1 saturated carbocycles. The number of fused-ring (bicyclic) bond motifs is 1. The van der Waals surface area contributed by atoms with Crippen molar-refractivity contribution in [2.75, 3.05) is 11.9 Å². The highest BCUT2D eigenvalue weighted by Gasteiger charge is 2.34. The van der Waals surface area contributed by atoms with Crippen LogP contribution in [-0.2, 0) is 27.3 Å². The van der Waals surface area contributed by atoms with E-state index >= 15 is 0 Å². The molecular formula is C15H18N4O3S. The van der Waals surface area contributed by atoms with E-state index in [9.17, 15) is 14.4 Å². The summed E-state index contributed by atoms with van der Waals surface area (Å²) in [4.78, 5) is 42.8. The molecule has 3 aliphatic rings. The number of rotatable bonds is 3. The lowest BCUT2D eigenvalue weighted by Crippen LogP contribution is -2.46. The monoisotopic (exact) mass is 334 g/mol. The van der Waals surface area contributed by atoms with E-state index in [2.05, 4.69) is 15.6 Å². The number of thiazole rings is 1. The fourth-order valence-electron chi connectivity index (χ4n) is 3.01. The normalized spacial score (nSPS) is 23.4. The first-order valence-corrected chi connectivity index (χ1v) is 8.79. The quantitative estimate of drug-likeness (QED) is 0.849. The van der Waals surface area contributed by atoms with Crippen LogP contribution in [0.2, 0.25) is 0 Å². The molecule has 1 saturated heterocycles. The third kappa shape index (κ3) is 2.95. The van der Waals surface area contributed by atoms with Crippen molar-refractivity contribution in [2.45, 2.75) is 44.7 Å². The SMILES string of the molecule is O=C1CCC(C(=O)N2CCc3nc(NC(=O)C4CC4)sc3C2)N1. The molecule has 1 aromatic heterocycles. The van der Waals surface area contributed by atoms with Gasteiger partial charge in [-0.25, -0.2) is 4.98 Å². The number of nitrogens with one attached hydrogen (secondary N) is 2. The second-order valence-corrected chi connectivity index (χ2v) is 7.40. The van der Waals surface area contributed by atoms with E-state index < -0.39 is 0 Å². The maximum absolute atomic E-state index is 12.5. The number of hydrogen-bond acceptors (Lipinski definition) is 5. The molecule has 3 heterocycles. The molecule has 2 N–H and O–H groups in total. The molecule has 0 radical (unpaired) electrons. The summed E-state index contributed by atoms with van der Waals surface area (Å²) in [6.07, 6.45) is 3.62. The van der Waals surface area contributed by atoms with Crippen LogP contribution >= 0.6 is 11.3 Å². The molecule has 8 heteroatoms. The van der Waals surface area contributed by atoms with Crippen LogP contribution in [-0.4, -0.2) is 40.2 Å². The van der Waals surface area contributed by atoms with Crippen molar-refractivity contribution < 1.29 is 14.4 Å². The van der Waals surface area contributed by atoms with Crippen LogP contribution in [0.5, 0.6) is 0 Å². The second-order valence-electron chi connectivity index (χ2n) is 6.32. The molecule has 0 aromatic carbocycles. The maximum Gasteiger partial charge on any atom is 0.245 e. The Kier molecular flexibility index (Phi) is 3.56. The van der Waals surface area contributed by atoms with Crippen molar-refractivity contribution in [3.05, 3.63) is 10.6 Å². The average molecular weight is 334 g/mol. The first-order chi connectivity index (χ1) is 11.1.